The van der Waals surface area contributed by atoms with Gasteiger partial charge in [0.1, 0.15) is 0 Å². The van der Waals surface area contributed by atoms with E-state index in [0.717, 1.165) is 18.7 Å². The number of hydrogen-bond acceptors (Lipinski definition) is 4. The molecule has 0 aromatic heterocycles. The van der Waals surface area contributed by atoms with Gasteiger partial charge in [-0.25, -0.2) is 13.1 Å². The SMILES string of the molecule is CCN(CC)CC(C)NS(=O)(=O)c1ccc(CN)cc1Br. The lowest BCUT2D eigenvalue weighted by molar-refractivity contribution is 0.282. The van der Waals surface area contributed by atoms with Gasteiger partial charge in [0.05, 0.1) is 4.90 Å². The summed E-state index contributed by atoms with van der Waals surface area (Å²) in [5, 5.41) is 0. The van der Waals surface area contributed by atoms with E-state index >= 15 is 0 Å². The van der Waals surface area contributed by atoms with Crippen molar-refractivity contribution in [2.45, 2.75) is 38.3 Å². The molecule has 0 bridgehead atoms. The zero-order chi connectivity index (χ0) is 16.0. The monoisotopic (exact) mass is 377 g/mol. The van der Waals surface area contributed by atoms with Crippen molar-refractivity contribution in [3.8, 4) is 0 Å². The van der Waals surface area contributed by atoms with Crippen molar-refractivity contribution in [1.82, 2.24) is 9.62 Å². The molecule has 0 saturated heterocycles. The molecular formula is C14H24BrN3O2S. The van der Waals surface area contributed by atoms with Crippen LogP contribution in [0.25, 0.3) is 0 Å². The first-order valence-corrected chi connectivity index (χ1v) is 9.34. The van der Waals surface area contributed by atoms with E-state index in [-0.39, 0.29) is 10.9 Å². The fraction of sp³-hybridized carbons (Fsp3) is 0.571. The van der Waals surface area contributed by atoms with Crippen LogP contribution in [0, 0.1) is 0 Å². The Hall–Kier alpha value is -0.470. The molecule has 0 spiro atoms. The van der Waals surface area contributed by atoms with E-state index in [1.807, 2.05) is 6.92 Å². The number of nitrogens with two attached hydrogens (primary N) is 1. The van der Waals surface area contributed by atoms with Crippen molar-refractivity contribution >= 4 is 26.0 Å². The molecule has 0 saturated carbocycles. The van der Waals surface area contributed by atoms with Gasteiger partial charge in [-0.1, -0.05) is 19.9 Å². The predicted molar refractivity (Wildman–Crippen MR) is 89.6 cm³/mol. The lowest BCUT2D eigenvalue weighted by Gasteiger charge is -2.23. The first-order valence-electron chi connectivity index (χ1n) is 7.07. The fourth-order valence-electron chi connectivity index (χ4n) is 2.12. The third-order valence-corrected chi connectivity index (χ3v) is 5.87. The van der Waals surface area contributed by atoms with Gasteiger partial charge in [0.2, 0.25) is 10.0 Å². The topological polar surface area (TPSA) is 75.4 Å². The number of nitrogens with one attached hydrogen (secondary N) is 1. The maximum Gasteiger partial charge on any atom is 0.241 e. The van der Waals surface area contributed by atoms with Gasteiger partial charge >= 0.3 is 0 Å². The van der Waals surface area contributed by atoms with Gasteiger partial charge in [-0.05, 0) is 53.6 Å². The third-order valence-electron chi connectivity index (χ3n) is 3.30. The van der Waals surface area contributed by atoms with E-state index in [0.29, 0.717) is 17.6 Å². The molecule has 1 aromatic rings. The van der Waals surface area contributed by atoms with Gasteiger partial charge in [0.25, 0.3) is 0 Å². The molecule has 0 amide bonds. The largest absolute Gasteiger partial charge is 0.326 e. The molecule has 7 heteroatoms. The second-order valence-corrected chi connectivity index (χ2v) is 7.51. The summed E-state index contributed by atoms with van der Waals surface area (Å²) < 4.78 is 28.1. The summed E-state index contributed by atoms with van der Waals surface area (Å²) in [7, 11) is -3.54. The molecule has 1 unspecified atom stereocenters. The smallest absolute Gasteiger partial charge is 0.241 e. The van der Waals surface area contributed by atoms with E-state index < -0.39 is 10.0 Å². The molecule has 21 heavy (non-hydrogen) atoms. The van der Waals surface area contributed by atoms with Crippen molar-refractivity contribution in [3.63, 3.8) is 0 Å². The van der Waals surface area contributed by atoms with Crippen LogP contribution in [0.5, 0.6) is 0 Å². The van der Waals surface area contributed by atoms with Crippen LogP contribution in [0.15, 0.2) is 27.6 Å². The average molecular weight is 378 g/mol. The normalized spacial score (nSPS) is 13.6. The first-order chi connectivity index (χ1) is 9.83. The molecule has 120 valence electrons. The van der Waals surface area contributed by atoms with Gasteiger partial charge in [-0.2, -0.15) is 0 Å². The number of sulfonamides is 1. The highest BCUT2D eigenvalue weighted by molar-refractivity contribution is 9.10. The van der Waals surface area contributed by atoms with Crippen molar-refractivity contribution in [3.05, 3.63) is 28.2 Å². The number of likely N-dealkylation sites (N-methyl/N-ethyl adjacent to an activating group) is 1. The second kappa shape index (κ2) is 8.24. The molecule has 0 aliphatic rings. The molecule has 0 fully saturated rings. The number of halogens is 1. The standard InChI is InChI=1S/C14H24BrN3O2S/c1-4-18(5-2)10-11(3)17-21(19,20)14-7-6-12(9-16)8-13(14)15/h6-8,11,17H,4-5,9-10,16H2,1-3H3. The van der Waals surface area contributed by atoms with Gasteiger partial charge in [0, 0.05) is 23.6 Å². The molecule has 1 aromatic carbocycles. The Kier molecular flexibility index (Phi) is 7.29. The van der Waals surface area contributed by atoms with Crippen LogP contribution in [-0.4, -0.2) is 39.0 Å². The highest BCUT2D eigenvalue weighted by atomic mass is 79.9. The maximum absolute atomic E-state index is 12.4. The Labute approximate surface area is 136 Å². The zero-order valence-electron chi connectivity index (χ0n) is 12.8. The Morgan fingerprint density at radius 2 is 1.95 bits per heavy atom. The summed E-state index contributed by atoms with van der Waals surface area (Å²) in [6.45, 7) is 8.86. The van der Waals surface area contributed by atoms with E-state index in [9.17, 15) is 8.42 Å². The highest BCUT2D eigenvalue weighted by Gasteiger charge is 2.21. The predicted octanol–water partition coefficient (Wildman–Crippen LogP) is 1.92. The van der Waals surface area contributed by atoms with Gasteiger partial charge in [0.15, 0.2) is 0 Å². The van der Waals surface area contributed by atoms with Crippen LogP contribution >= 0.6 is 15.9 Å². The first kappa shape index (κ1) is 18.6. The lowest BCUT2D eigenvalue weighted by atomic mass is 10.2. The molecule has 0 heterocycles. The minimum Gasteiger partial charge on any atom is -0.326 e. The number of hydrogen-bond donors (Lipinski definition) is 2. The van der Waals surface area contributed by atoms with Crippen molar-refractivity contribution in [2.24, 2.45) is 5.73 Å². The summed E-state index contributed by atoms with van der Waals surface area (Å²) in [6.07, 6.45) is 0. The fourth-order valence-corrected chi connectivity index (χ4v) is 4.48. The average Bonchev–Trinajstić information content (AvgIpc) is 2.43. The molecule has 0 aliphatic heterocycles. The summed E-state index contributed by atoms with van der Waals surface area (Å²) >= 11 is 3.31. The van der Waals surface area contributed by atoms with E-state index in [1.165, 1.54) is 0 Å². The molecule has 0 aliphatic carbocycles. The van der Waals surface area contributed by atoms with Crippen molar-refractivity contribution in [1.29, 1.82) is 0 Å². The van der Waals surface area contributed by atoms with Crippen LogP contribution in [0.1, 0.15) is 26.3 Å². The van der Waals surface area contributed by atoms with Crippen LogP contribution in [-0.2, 0) is 16.6 Å². The van der Waals surface area contributed by atoms with Crippen LogP contribution in [0.4, 0.5) is 0 Å². The van der Waals surface area contributed by atoms with E-state index in [4.69, 9.17) is 5.73 Å². The molecule has 1 rings (SSSR count). The minimum absolute atomic E-state index is 0.156. The Bertz CT molecular complexity index is 559. The molecule has 1 atom stereocenters. The number of nitrogens with zero attached hydrogens (tertiary/aromatic N) is 1. The maximum atomic E-state index is 12.4. The quantitative estimate of drug-likeness (QED) is 0.725. The minimum atomic E-state index is -3.54. The Balaban J connectivity index is 2.86. The van der Waals surface area contributed by atoms with E-state index in [2.05, 4.69) is 39.4 Å². The number of benzene rings is 1. The van der Waals surface area contributed by atoms with Gasteiger partial charge in [-0.15, -0.1) is 0 Å². The van der Waals surface area contributed by atoms with E-state index in [1.54, 1.807) is 18.2 Å². The molecule has 5 nitrogen and oxygen atoms in total. The Morgan fingerprint density at radius 3 is 2.43 bits per heavy atom. The summed E-state index contributed by atoms with van der Waals surface area (Å²) in [4.78, 5) is 2.42. The van der Waals surface area contributed by atoms with Crippen molar-refractivity contribution in [2.75, 3.05) is 19.6 Å². The summed E-state index contributed by atoms with van der Waals surface area (Å²) in [5.74, 6) is 0. The van der Waals surface area contributed by atoms with Gasteiger partial charge in [-0.3, -0.25) is 0 Å². The molecule has 3 N–H and O–H groups in total. The second-order valence-electron chi connectivity index (χ2n) is 4.98. The molecule has 0 radical (unpaired) electrons. The highest BCUT2D eigenvalue weighted by Crippen LogP contribution is 2.23. The van der Waals surface area contributed by atoms with Crippen molar-refractivity contribution < 1.29 is 8.42 Å². The van der Waals surface area contributed by atoms with Crippen LogP contribution in [0.3, 0.4) is 0 Å². The Morgan fingerprint density at radius 1 is 1.33 bits per heavy atom. The third kappa shape index (κ3) is 5.34. The summed E-state index contributed by atoms with van der Waals surface area (Å²) in [5.41, 5.74) is 6.44. The van der Waals surface area contributed by atoms with Crippen LogP contribution in [0.2, 0.25) is 0 Å². The zero-order valence-corrected chi connectivity index (χ0v) is 15.2. The summed E-state index contributed by atoms with van der Waals surface area (Å²) in [6, 6.07) is 4.90. The lowest BCUT2D eigenvalue weighted by Crippen LogP contribution is -2.41. The van der Waals surface area contributed by atoms with Crippen LogP contribution < -0.4 is 10.5 Å². The number of rotatable bonds is 8. The molecular weight excluding hydrogens is 354 g/mol. The van der Waals surface area contributed by atoms with Gasteiger partial charge < -0.3 is 10.6 Å².